The second-order valence-electron chi connectivity index (χ2n) is 6.22. The number of nitrogens with zero attached hydrogens (tertiary/aromatic N) is 2. The normalized spacial score (nSPS) is 24.0. The summed E-state index contributed by atoms with van der Waals surface area (Å²) in [6.45, 7) is 3.41. The first-order valence-electron chi connectivity index (χ1n) is 8.07. The highest BCUT2D eigenvalue weighted by Gasteiger charge is 2.35. The van der Waals surface area contributed by atoms with Gasteiger partial charge in [-0.05, 0) is 31.7 Å². The van der Waals surface area contributed by atoms with Crippen LogP contribution in [0.2, 0.25) is 0 Å². The first-order chi connectivity index (χ1) is 11.2. The van der Waals surface area contributed by atoms with Crippen LogP contribution in [0.4, 0.5) is 0 Å². The third kappa shape index (κ3) is 3.71. The lowest BCUT2D eigenvalue weighted by atomic mass is 10.0. The summed E-state index contributed by atoms with van der Waals surface area (Å²) in [5.74, 6) is 3.02. The zero-order chi connectivity index (χ0) is 16.2. The van der Waals surface area contributed by atoms with Gasteiger partial charge < -0.3 is 15.2 Å². The van der Waals surface area contributed by atoms with Gasteiger partial charge in [0.05, 0.1) is 13.2 Å². The minimum Gasteiger partial charge on any atom is -0.496 e. The molecule has 1 aromatic heterocycles. The summed E-state index contributed by atoms with van der Waals surface area (Å²) < 4.78 is 5.36. The Morgan fingerprint density at radius 3 is 2.91 bits per heavy atom. The average molecular weight is 316 g/mol. The average Bonchev–Trinajstić information content (AvgIpc) is 3.14. The smallest absolute Gasteiger partial charge is 0.153 e. The molecule has 1 aliphatic carbocycles. The fourth-order valence-electron chi connectivity index (χ4n) is 3.32. The van der Waals surface area contributed by atoms with E-state index in [2.05, 4.69) is 26.6 Å². The van der Waals surface area contributed by atoms with Crippen LogP contribution in [0.15, 0.2) is 24.3 Å². The van der Waals surface area contributed by atoms with Gasteiger partial charge >= 0.3 is 0 Å². The number of nitrogens with one attached hydrogen (secondary N) is 2. The minimum absolute atomic E-state index is 0.230. The van der Waals surface area contributed by atoms with Gasteiger partial charge in [-0.25, -0.2) is 4.98 Å². The van der Waals surface area contributed by atoms with Gasteiger partial charge in [-0.3, -0.25) is 5.10 Å². The summed E-state index contributed by atoms with van der Waals surface area (Å²) in [5, 5.41) is 20.8. The standard InChI is InChI=1S/C17H24N4O2/c1-11-19-17(21-20-11)13-7-14(15(22)8-13)10-18-9-12-5-3-4-6-16(12)23-2/h3-6,13-15,18,22H,7-10H2,1-2H3,(H,19,20,21)/t13?,14-,15-/m1/s1. The van der Waals surface area contributed by atoms with Gasteiger partial charge in [0, 0.05) is 24.6 Å². The molecule has 0 spiro atoms. The molecule has 0 amide bonds. The molecule has 1 aromatic carbocycles. The summed E-state index contributed by atoms with van der Waals surface area (Å²) >= 11 is 0. The highest BCUT2D eigenvalue weighted by Crippen LogP contribution is 2.36. The van der Waals surface area contributed by atoms with Crippen LogP contribution in [-0.4, -0.2) is 40.0 Å². The number of benzene rings is 1. The number of H-pyrrole nitrogens is 1. The van der Waals surface area contributed by atoms with Crippen molar-refractivity contribution in [3.63, 3.8) is 0 Å². The molecule has 1 saturated carbocycles. The largest absolute Gasteiger partial charge is 0.496 e. The van der Waals surface area contributed by atoms with Crippen molar-refractivity contribution >= 4 is 0 Å². The molecule has 3 rings (SSSR count). The van der Waals surface area contributed by atoms with E-state index in [9.17, 15) is 5.11 Å². The van der Waals surface area contributed by atoms with Gasteiger partial charge in [0.2, 0.25) is 0 Å². The lowest BCUT2D eigenvalue weighted by molar-refractivity contribution is 0.131. The molecule has 1 heterocycles. The fourth-order valence-corrected chi connectivity index (χ4v) is 3.32. The molecule has 1 unspecified atom stereocenters. The maximum atomic E-state index is 10.3. The van der Waals surface area contributed by atoms with Crippen molar-refractivity contribution in [2.75, 3.05) is 13.7 Å². The molecule has 6 nitrogen and oxygen atoms in total. The highest BCUT2D eigenvalue weighted by molar-refractivity contribution is 5.32. The highest BCUT2D eigenvalue weighted by atomic mass is 16.5. The molecular formula is C17H24N4O2. The lowest BCUT2D eigenvalue weighted by Crippen LogP contribution is -2.27. The van der Waals surface area contributed by atoms with Gasteiger partial charge in [0.1, 0.15) is 11.6 Å². The number of rotatable bonds is 6. The van der Waals surface area contributed by atoms with Crippen molar-refractivity contribution in [3.8, 4) is 5.75 Å². The Bertz CT molecular complexity index is 643. The molecule has 3 N–H and O–H groups in total. The number of para-hydroxylation sites is 1. The van der Waals surface area contributed by atoms with E-state index in [1.54, 1.807) is 7.11 Å². The van der Waals surface area contributed by atoms with Gasteiger partial charge in [0.25, 0.3) is 0 Å². The topological polar surface area (TPSA) is 83.1 Å². The zero-order valence-corrected chi connectivity index (χ0v) is 13.6. The third-order valence-corrected chi connectivity index (χ3v) is 4.55. The van der Waals surface area contributed by atoms with Crippen LogP contribution in [0.25, 0.3) is 0 Å². The number of aromatic amines is 1. The maximum Gasteiger partial charge on any atom is 0.153 e. The van der Waals surface area contributed by atoms with E-state index in [1.165, 1.54) is 0 Å². The SMILES string of the molecule is COc1ccccc1CNC[C@H]1CC(c2n[nH]c(C)n2)C[C@H]1O. The van der Waals surface area contributed by atoms with Crippen molar-refractivity contribution in [2.24, 2.45) is 5.92 Å². The monoisotopic (exact) mass is 316 g/mol. The van der Waals surface area contributed by atoms with E-state index in [4.69, 9.17) is 4.74 Å². The van der Waals surface area contributed by atoms with Gasteiger partial charge in [-0.15, -0.1) is 0 Å². The van der Waals surface area contributed by atoms with E-state index in [-0.39, 0.29) is 17.9 Å². The van der Waals surface area contributed by atoms with E-state index in [1.807, 2.05) is 25.1 Å². The zero-order valence-electron chi connectivity index (χ0n) is 13.6. The Morgan fingerprint density at radius 2 is 2.17 bits per heavy atom. The number of ether oxygens (including phenoxy) is 1. The molecule has 0 aliphatic heterocycles. The Balaban J connectivity index is 1.52. The number of aryl methyl sites for hydroxylation is 1. The van der Waals surface area contributed by atoms with Gasteiger partial charge in [-0.1, -0.05) is 18.2 Å². The summed E-state index contributed by atoms with van der Waals surface area (Å²) in [6.07, 6.45) is 1.35. The number of aliphatic hydroxyl groups is 1. The van der Waals surface area contributed by atoms with Crippen molar-refractivity contribution in [1.29, 1.82) is 0 Å². The minimum atomic E-state index is -0.302. The Labute approximate surface area is 136 Å². The molecule has 0 radical (unpaired) electrons. The molecule has 23 heavy (non-hydrogen) atoms. The van der Waals surface area contributed by atoms with E-state index in [0.717, 1.165) is 48.9 Å². The van der Waals surface area contributed by atoms with Crippen molar-refractivity contribution in [3.05, 3.63) is 41.5 Å². The number of hydrogen-bond donors (Lipinski definition) is 3. The summed E-state index contributed by atoms with van der Waals surface area (Å²) in [7, 11) is 1.68. The van der Waals surface area contributed by atoms with Crippen LogP contribution in [0, 0.1) is 12.8 Å². The summed E-state index contributed by atoms with van der Waals surface area (Å²) in [6, 6.07) is 7.98. The quantitative estimate of drug-likeness (QED) is 0.756. The van der Waals surface area contributed by atoms with E-state index in [0.29, 0.717) is 0 Å². The van der Waals surface area contributed by atoms with Gasteiger partial charge in [0.15, 0.2) is 5.82 Å². The molecule has 6 heteroatoms. The second-order valence-corrected chi connectivity index (χ2v) is 6.22. The molecule has 3 atom stereocenters. The van der Waals surface area contributed by atoms with E-state index >= 15 is 0 Å². The predicted molar refractivity (Wildman–Crippen MR) is 87.3 cm³/mol. The van der Waals surface area contributed by atoms with Crippen LogP contribution in [0.1, 0.15) is 36.0 Å². The Kier molecular flexibility index (Phi) is 4.93. The molecular weight excluding hydrogens is 292 g/mol. The molecule has 1 aliphatic rings. The molecule has 0 bridgehead atoms. The molecule has 2 aromatic rings. The van der Waals surface area contributed by atoms with Crippen LogP contribution in [0.5, 0.6) is 5.75 Å². The number of aliphatic hydroxyl groups excluding tert-OH is 1. The van der Waals surface area contributed by atoms with Crippen molar-refractivity contribution < 1.29 is 9.84 Å². The van der Waals surface area contributed by atoms with Gasteiger partial charge in [-0.2, -0.15) is 5.10 Å². The third-order valence-electron chi connectivity index (χ3n) is 4.55. The number of hydrogen-bond acceptors (Lipinski definition) is 5. The second kappa shape index (κ2) is 7.10. The number of aromatic nitrogens is 3. The predicted octanol–water partition coefficient (Wildman–Crippen LogP) is 1.77. The first kappa shape index (κ1) is 16.0. The van der Waals surface area contributed by atoms with Crippen LogP contribution < -0.4 is 10.1 Å². The maximum absolute atomic E-state index is 10.3. The summed E-state index contributed by atoms with van der Waals surface area (Å²) in [5.41, 5.74) is 1.13. The summed E-state index contributed by atoms with van der Waals surface area (Å²) in [4.78, 5) is 4.40. The molecule has 1 fully saturated rings. The van der Waals surface area contributed by atoms with Crippen molar-refractivity contribution in [1.82, 2.24) is 20.5 Å². The lowest BCUT2D eigenvalue weighted by Gasteiger charge is -2.16. The molecule has 0 saturated heterocycles. The Hall–Kier alpha value is -1.92. The fraction of sp³-hybridized carbons (Fsp3) is 0.529. The van der Waals surface area contributed by atoms with Crippen LogP contribution >= 0.6 is 0 Å². The van der Waals surface area contributed by atoms with E-state index < -0.39 is 0 Å². The number of methoxy groups -OCH3 is 1. The van der Waals surface area contributed by atoms with Crippen LogP contribution in [0.3, 0.4) is 0 Å². The molecule has 124 valence electrons. The first-order valence-corrected chi connectivity index (χ1v) is 8.07. The van der Waals surface area contributed by atoms with Crippen LogP contribution in [-0.2, 0) is 6.54 Å². The van der Waals surface area contributed by atoms with Crippen molar-refractivity contribution in [2.45, 2.75) is 38.3 Å². The Morgan fingerprint density at radius 1 is 1.35 bits per heavy atom.